The van der Waals surface area contributed by atoms with E-state index in [0.717, 1.165) is 9.75 Å². The second-order valence-electron chi connectivity index (χ2n) is 3.34. The molecule has 17 heavy (non-hydrogen) atoms. The van der Waals surface area contributed by atoms with E-state index < -0.39 is 5.91 Å². The van der Waals surface area contributed by atoms with Gasteiger partial charge in [-0.05, 0) is 22.9 Å². The number of hydroxylamine groups is 1. The van der Waals surface area contributed by atoms with Gasteiger partial charge in [0.05, 0.1) is 0 Å². The number of primary amides is 1. The van der Waals surface area contributed by atoms with Crippen LogP contribution in [0.15, 0.2) is 35.0 Å². The Labute approximate surface area is 107 Å². The molecular formula is C11H12N2O2S2. The first-order valence-corrected chi connectivity index (χ1v) is 6.75. The molecule has 2 aromatic heterocycles. The van der Waals surface area contributed by atoms with E-state index in [4.69, 9.17) is 10.6 Å². The second kappa shape index (κ2) is 5.92. The Morgan fingerprint density at radius 1 is 1.29 bits per heavy atom. The predicted octanol–water partition coefficient (Wildman–Crippen LogP) is 1.91. The summed E-state index contributed by atoms with van der Waals surface area (Å²) >= 11 is 3.27. The number of nitrogens with one attached hydrogen (secondary N) is 1. The summed E-state index contributed by atoms with van der Waals surface area (Å²) in [4.78, 5) is 18.0. The summed E-state index contributed by atoms with van der Waals surface area (Å²) in [5.41, 5.74) is 7.89. The first-order valence-electron chi connectivity index (χ1n) is 5.00. The molecule has 0 aliphatic rings. The Morgan fingerprint density at radius 2 is 1.88 bits per heavy atom. The molecule has 0 atom stereocenters. The van der Waals surface area contributed by atoms with Crippen LogP contribution in [0.25, 0.3) is 0 Å². The zero-order valence-corrected chi connectivity index (χ0v) is 10.6. The zero-order valence-electron chi connectivity index (χ0n) is 8.96. The van der Waals surface area contributed by atoms with E-state index in [2.05, 4.69) is 5.48 Å². The highest BCUT2D eigenvalue weighted by Gasteiger charge is 2.16. The first-order chi connectivity index (χ1) is 8.27. The summed E-state index contributed by atoms with van der Waals surface area (Å²) in [7, 11) is 0. The summed E-state index contributed by atoms with van der Waals surface area (Å²) in [5, 5.41) is 4.01. The van der Waals surface area contributed by atoms with Crippen LogP contribution in [-0.2, 0) is 9.63 Å². The maximum atomic E-state index is 10.6. The number of hydrogen-bond donors (Lipinski definition) is 2. The summed E-state index contributed by atoms with van der Waals surface area (Å²) in [6.45, 7) is -0.132. The second-order valence-corrected chi connectivity index (χ2v) is 5.30. The average Bonchev–Trinajstić information content (AvgIpc) is 2.97. The van der Waals surface area contributed by atoms with Crippen molar-refractivity contribution in [2.45, 2.75) is 6.04 Å². The normalized spacial score (nSPS) is 10.9. The summed E-state index contributed by atoms with van der Waals surface area (Å²) in [6.07, 6.45) is 0. The van der Waals surface area contributed by atoms with Gasteiger partial charge in [0.15, 0.2) is 0 Å². The molecule has 2 aromatic rings. The zero-order chi connectivity index (χ0) is 12.1. The molecule has 0 aliphatic carbocycles. The molecule has 1 amide bonds. The summed E-state index contributed by atoms with van der Waals surface area (Å²) in [5.74, 6) is -0.492. The molecule has 0 aliphatic heterocycles. The van der Waals surface area contributed by atoms with Gasteiger partial charge in [-0.2, -0.15) is 5.48 Å². The fraction of sp³-hybridized carbons (Fsp3) is 0.182. The van der Waals surface area contributed by atoms with E-state index in [1.54, 1.807) is 22.7 Å². The van der Waals surface area contributed by atoms with Crippen molar-refractivity contribution in [3.63, 3.8) is 0 Å². The van der Waals surface area contributed by atoms with Gasteiger partial charge in [-0.25, -0.2) is 0 Å². The van der Waals surface area contributed by atoms with E-state index in [0.29, 0.717) is 0 Å². The van der Waals surface area contributed by atoms with Crippen molar-refractivity contribution >= 4 is 28.6 Å². The highest BCUT2D eigenvalue weighted by atomic mass is 32.1. The summed E-state index contributed by atoms with van der Waals surface area (Å²) < 4.78 is 0. The summed E-state index contributed by atoms with van der Waals surface area (Å²) in [6, 6.07) is 7.97. The predicted molar refractivity (Wildman–Crippen MR) is 68.8 cm³/mol. The van der Waals surface area contributed by atoms with Crippen molar-refractivity contribution in [1.29, 1.82) is 0 Å². The van der Waals surface area contributed by atoms with Crippen LogP contribution in [0.4, 0.5) is 0 Å². The van der Waals surface area contributed by atoms with Gasteiger partial charge in [0.2, 0.25) is 5.91 Å². The Hall–Kier alpha value is -1.21. The van der Waals surface area contributed by atoms with E-state index in [1.807, 2.05) is 35.0 Å². The molecule has 4 nitrogen and oxygen atoms in total. The van der Waals surface area contributed by atoms with Crippen LogP contribution >= 0.6 is 22.7 Å². The smallest absolute Gasteiger partial charge is 0.245 e. The van der Waals surface area contributed by atoms with Crippen molar-refractivity contribution in [1.82, 2.24) is 5.48 Å². The third kappa shape index (κ3) is 3.37. The lowest BCUT2D eigenvalue weighted by atomic mass is 10.2. The lowest BCUT2D eigenvalue weighted by molar-refractivity contribution is -0.125. The van der Waals surface area contributed by atoms with E-state index >= 15 is 0 Å². The number of hydrogen-bond acceptors (Lipinski definition) is 5. The van der Waals surface area contributed by atoms with Crippen molar-refractivity contribution in [3.05, 3.63) is 44.8 Å². The molecule has 0 bridgehead atoms. The average molecular weight is 268 g/mol. The van der Waals surface area contributed by atoms with Crippen molar-refractivity contribution in [2.75, 3.05) is 6.61 Å². The number of carbonyl (C=O) groups is 1. The number of carbonyl (C=O) groups excluding carboxylic acids is 1. The minimum absolute atomic E-state index is 0.0469. The minimum Gasteiger partial charge on any atom is -0.368 e. The lowest BCUT2D eigenvalue weighted by Gasteiger charge is -2.15. The van der Waals surface area contributed by atoms with E-state index in [9.17, 15) is 4.79 Å². The van der Waals surface area contributed by atoms with E-state index in [1.165, 1.54) is 0 Å². The molecule has 0 saturated heterocycles. The molecule has 2 heterocycles. The Balaban J connectivity index is 2.06. The number of rotatable bonds is 6. The lowest BCUT2D eigenvalue weighted by Crippen LogP contribution is -2.27. The van der Waals surface area contributed by atoms with Crippen molar-refractivity contribution in [3.8, 4) is 0 Å². The number of nitrogens with two attached hydrogens (primary N) is 1. The highest BCUT2D eigenvalue weighted by Crippen LogP contribution is 2.28. The van der Waals surface area contributed by atoms with Crippen molar-refractivity contribution < 1.29 is 9.63 Å². The van der Waals surface area contributed by atoms with Crippen LogP contribution in [0.5, 0.6) is 0 Å². The van der Waals surface area contributed by atoms with Gasteiger partial charge in [0.25, 0.3) is 0 Å². The van der Waals surface area contributed by atoms with Crippen LogP contribution in [-0.4, -0.2) is 12.5 Å². The fourth-order valence-electron chi connectivity index (χ4n) is 1.36. The van der Waals surface area contributed by atoms with Gasteiger partial charge >= 0.3 is 0 Å². The largest absolute Gasteiger partial charge is 0.368 e. The maximum absolute atomic E-state index is 10.6. The van der Waals surface area contributed by atoms with Gasteiger partial charge in [-0.3, -0.25) is 9.63 Å². The SMILES string of the molecule is NC(=O)CONC(c1cccs1)c1cccs1. The molecule has 90 valence electrons. The molecule has 0 unspecified atom stereocenters. The molecule has 0 fully saturated rings. The molecule has 3 N–H and O–H groups in total. The van der Waals surface area contributed by atoms with Crippen LogP contribution < -0.4 is 11.2 Å². The van der Waals surface area contributed by atoms with Crippen LogP contribution in [0, 0.1) is 0 Å². The molecule has 0 aromatic carbocycles. The monoisotopic (exact) mass is 268 g/mol. The highest BCUT2D eigenvalue weighted by molar-refractivity contribution is 7.11. The van der Waals surface area contributed by atoms with Gasteiger partial charge < -0.3 is 5.73 Å². The number of amides is 1. The molecule has 6 heteroatoms. The molecule has 0 radical (unpaired) electrons. The van der Waals surface area contributed by atoms with Crippen LogP contribution in [0.2, 0.25) is 0 Å². The molecule has 0 spiro atoms. The topological polar surface area (TPSA) is 64.4 Å². The van der Waals surface area contributed by atoms with Crippen LogP contribution in [0.3, 0.4) is 0 Å². The van der Waals surface area contributed by atoms with Gasteiger partial charge in [0, 0.05) is 9.75 Å². The molecular weight excluding hydrogens is 256 g/mol. The van der Waals surface area contributed by atoms with Crippen LogP contribution in [0.1, 0.15) is 15.8 Å². The fourth-order valence-corrected chi connectivity index (χ4v) is 3.00. The Kier molecular flexibility index (Phi) is 4.27. The third-order valence-corrected chi connectivity index (χ3v) is 3.95. The molecule has 0 saturated carbocycles. The Bertz CT molecular complexity index is 420. The third-order valence-electron chi connectivity index (χ3n) is 2.07. The van der Waals surface area contributed by atoms with Gasteiger partial charge in [-0.1, -0.05) is 12.1 Å². The maximum Gasteiger partial charge on any atom is 0.245 e. The minimum atomic E-state index is -0.492. The van der Waals surface area contributed by atoms with Crippen molar-refractivity contribution in [2.24, 2.45) is 5.73 Å². The van der Waals surface area contributed by atoms with Gasteiger partial charge in [-0.15, -0.1) is 22.7 Å². The molecule has 2 rings (SSSR count). The van der Waals surface area contributed by atoms with Gasteiger partial charge in [0.1, 0.15) is 12.6 Å². The van der Waals surface area contributed by atoms with E-state index in [-0.39, 0.29) is 12.6 Å². The first kappa shape index (κ1) is 12.3. The number of thiophene rings is 2. The Morgan fingerprint density at radius 3 is 2.29 bits per heavy atom. The standard InChI is InChI=1S/C11H12N2O2S2/c12-10(14)7-15-13-11(8-3-1-5-16-8)9-4-2-6-17-9/h1-6,11,13H,7H2,(H2,12,14). The quantitative estimate of drug-likeness (QED) is 0.787.